The Labute approximate surface area is 98.0 Å². The molecule has 2 aliphatic rings. The molecule has 1 atom stereocenters. The van der Waals surface area contributed by atoms with E-state index in [1.807, 2.05) is 0 Å². The van der Waals surface area contributed by atoms with Gasteiger partial charge in [-0.05, 0) is 52.4 Å². The van der Waals surface area contributed by atoms with E-state index in [1.54, 1.807) is 0 Å². The smallest absolute Gasteiger partial charge is 0.400 e. The van der Waals surface area contributed by atoms with Crippen molar-refractivity contribution in [3.8, 4) is 0 Å². The topological polar surface area (TPSA) is 38.7 Å². The summed E-state index contributed by atoms with van der Waals surface area (Å²) >= 11 is 0. The molecule has 1 heterocycles. The van der Waals surface area contributed by atoms with E-state index in [4.69, 9.17) is 9.31 Å². The van der Waals surface area contributed by atoms with Gasteiger partial charge in [-0.15, -0.1) is 0 Å². The first-order valence-electron chi connectivity index (χ1n) is 6.04. The molecule has 0 bridgehead atoms. The molecule has 0 radical (unpaired) electrons. The summed E-state index contributed by atoms with van der Waals surface area (Å²) in [4.78, 5) is 0. The van der Waals surface area contributed by atoms with Gasteiger partial charge in [-0.3, -0.25) is 0 Å². The standard InChI is InChI=1S/C12H21BO3/c1-11(2)12(3,4)16-13(15-11)9-5-7-10(14)8-6-9/h5,10,14H,6-8H2,1-4H3/t10-/m0/s1. The van der Waals surface area contributed by atoms with Gasteiger partial charge in [-0.2, -0.15) is 0 Å². The van der Waals surface area contributed by atoms with Crippen LogP contribution < -0.4 is 0 Å². The third kappa shape index (κ3) is 2.06. The second kappa shape index (κ2) is 3.86. The summed E-state index contributed by atoms with van der Waals surface area (Å²) in [6.45, 7) is 8.24. The Kier molecular flexibility index (Phi) is 2.93. The predicted molar refractivity (Wildman–Crippen MR) is 64.0 cm³/mol. The van der Waals surface area contributed by atoms with Gasteiger partial charge in [0.15, 0.2) is 0 Å². The lowest BCUT2D eigenvalue weighted by atomic mass is 9.72. The highest BCUT2D eigenvalue weighted by Crippen LogP contribution is 2.40. The molecule has 1 saturated heterocycles. The number of aliphatic hydroxyl groups excluding tert-OH is 1. The first-order chi connectivity index (χ1) is 7.32. The molecule has 1 fully saturated rings. The van der Waals surface area contributed by atoms with Gasteiger partial charge >= 0.3 is 7.12 Å². The molecule has 0 unspecified atom stereocenters. The first kappa shape index (κ1) is 12.2. The number of allylic oxidation sites excluding steroid dienone is 1. The monoisotopic (exact) mass is 224 g/mol. The highest BCUT2D eigenvalue weighted by Gasteiger charge is 2.52. The van der Waals surface area contributed by atoms with Crippen LogP contribution in [0.2, 0.25) is 0 Å². The van der Waals surface area contributed by atoms with Crippen molar-refractivity contribution in [1.82, 2.24) is 0 Å². The number of aliphatic hydroxyl groups is 1. The highest BCUT2D eigenvalue weighted by molar-refractivity contribution is 6.54. The van der Waals surface area contributed by atoms with E-state index in [2.05, 4.69) is 33.8 Å². The fourth-order valence-electron chi connectivity index (χ4n) is 2.05. The van der Waals surface area contributed by atoms with Crippen LogP contribution in [0.15, 0.2) is 11.5 Å². The van der Waals surface area contributed by atoms with Crippen LogP contribution in [0.4, 0.5) is 0 Å². The molecule has 0 aromatic rings. The Bertz CT molecular complexity index is 293. The lowest BCUT2D eigenvalue weighted by molar-refractivity contribution is 0.00578. The van der Waals surface area contributed by atoms with Gasteiger partial charge in [0.25, 0.3) is 0 Å². The summed E-state index contributed by atoms with van der Waals surface area (Å²) in [5.41, 5.74) is 0.646. The molecule has 1 aliphatic carbocycles. The van der Waals surface area contributed by atoms with Crippen LogP contribution in [0.25, 0.3) is 0 Å². The van der Waals surface area contributed by atoms with Gasteiger partial charge in [0.05, 0.1) is 17.3 Å². The van der Waals surface area contributed by atoms with Gasteiger partial charge in [0.1, 0.15) is 0 Å². The Morgan fingerprint density at radius 3 is 2.25 bits per heavy atom. The molecule has 16 heavy (non-hydrogen) atoms. The normalized spacial score (nSPS) is 32.7. The number of hydrogen-bond donors (Lipinski definition) is 1. The van der Waals surface area contributed by atoms with Crippen molar-refractivity contribution >= 4 is 7.12 Å². The minimum Gasteiger partial charge on any atom is -0.400 e. The van der Waals surface area contributed by atoms with Crippen molar-refractivity contribution in [2.24, 2.45) is 0 Å². The zero-order valence-electron chi connectivity index (χ0n) is 10.6. The number of rotatable bonds is 1. The molecule has 0 aromatic carbocycles. The van der Waals surface area contributed by atoms with Crippen molar-refractivity contribution in [2.45, 2.75) is 64.3 Å². The minimum atomic E-state index is -0.269. The van der Waals surface area contributed by atoms with Crippen LogP contribution in [-0.2, 0) is 9.31 Å². The average Bonchev–Trinajstić information content (AvgIpc) is 2.37. The zero-order valence-corrected chi connectivity index (χ0v) is 10.6. The summed E-state index contributed by atoms with van der Waals surface area (Å²) < 4.78 is 11.9. The van der Waals surface area contributed by atoms with Crippen LogP contribution in [0.3, 0.4) is 0 Å². The van der Waals surface area contributed by atoms with E-state index in [0.29, 0.717) is 0 Å². The summed E-state index contributed by atoms with van der Waals surface area (Å²) in [5.74, 6) is 0. The zero-order chi connectivity index (χ0) is 12.0. The van der Waals surface area contributed by atoms with Crippen LogP contribution in [0, 0.1) is 0 Å². The maximum Gasteiger partial charge on any atom is 0.490 e. The Balaban J connectivity index is 2.09. The van der Waals surface area contributed by atoms with Gasteiger partial charge in [-0.1, -0.05) is 6.08 Å². The lowest BCUT2D eigenvalue weighted by Crippen LogP contribution is -2.41. The van der Waals surface area contributed by atoms with E-state index >= 15 is 0 Å². The molecular formula is C12H21BO3. The van der Waals surface area contributed by atoms with E-state index < -0.39 is 0 Å². The molecule has 90 valence electrons. The molecule has 4 heteroatoms. The summed E-state index contributed by atoms with van der Waals surface area (Å²) in [5, 5.41) is 9.45. The van der Waals surface area contributed by atoms with Crippen LogP contribution in [0.1, 0.15) is 47.0 Å². The van der Waals surface area contributed by atoms with E-state index in [-0.39, 0.29) is 24.4 Å². The molecule has 0 amide bonds. The first-order valence-corrected chi connectivity index (χ1v) is 6.04. The third-order valence-electron chi connectivity index (χ3n) is 3.97. The Hall–Kier alpha value is -0.315. The summed E-state index contributed by atoms with van der Waals surface area (Å²) in [6, 6.07) is 0. The van der Waals surface area contributed by atoms with Crippen molar-refractivity contribution in [1.29, 1.82) is 0 Å². The molecule has 1 N–H and O–H groups in total. The fraction of sp³-hybridized carbons (Fsp3) is 0.833. The molecule has 2 rings (SSSR count). The van der Waals surface area contributed by atoms with Crippen molar-refractivity contribution in [3.05, 3.63) is 11.5 Å². The molecule has 0 aromatic heterocycles. The number of hydrogen-bond acceptors (Lipinski definition) is 3. The van der Waals surface area contributed by atoms with Crippen LogP contribution in [-0.4, -0.2) is 29.5 Å². The van der Waals surface area contributed by atoms with Gasteiger partial charge in [0.2, 0.25) is 0 Å². The molecule has 0 saturated carbocycles. The maximum atomic E-state index is 9.45. The molecule has 1 aliphatic heterocycles. The lowest BCUT2D eigenvalue weighted by Gasteiger charge is -2.32. The van der Waals surface area contributed by atoms with E-state index in [1.165, 1.54) is 5.47 Å². The average molecular weight is 224 g/mol. The third-order valence-corrected chi connectivity index (χ3v) is 3.97. The van der Waals surface area contributed by atoms with Gasteiger partial charge < -0.3 is 14.4 Å². The van der Waals surface area contributed by atoms with Crippen LogP contribution in [0.5, 0.6) is 0 Å². The highest BCUT2D eigenvalue weighted by atomic mass is 16.7. The largest absolute Gasteiger partial charge is 0.490 e. The Morgan fingerprint density at radius 2 is 1.81 bits per heavy atom. The molecule has 0 spiro atoms. The second-order valence-electron chi connectivity index (χ2n) is 5.80. The maximum absolute atomic E-state index is 9.45. The predicted octanol–water partition coefficient (Wildman–Crippen LogP) is 2.09. The van der Waals surface area contributed by atoms with Crippen molar-refractivity contribution in [3.63, 3.8) is 0 Å². The van der Waals surface area contributed by atoms with Crippen molar-refractivity contribution < 1.29 is 14.4 Å². The van der Waals surface area contributed by atoms with E-state index in [0.717, 1.165) is 19.3 Å². The summed E-state index contributed by atoms with van der Waals surface area (Å²) in [7, 11) is -0.225. The Morgan fingerprint density at radius 1 is 1.25 bits per heavy atom. The second-order valence-corrected chi connectivity index (χ2v) is 5.80. The minimum absolute atomic E-state index is 0.189. The SMILES string of the molecule is CC1(C)OB(C2=CC[C@H](O)CC2)OC1(C)C. The summed E-state index contributed by atoms with van der Waals surface area (Å²) in [6.07, 6.45) is 4.29. The van der Waals surface area contributed by atoms with Gasteiger partial charge in [0, 0.05) is 0 Å². The van der Waals surface area contributed by atoms with Crippen LogP contribution >= 0.6 is 0 Å². The fourth-order valence-corrected chi connectivity index (χ4v) is 2.05. The quantitative estimate of drug-likeness (QED) is 0.693. The molecular weight excluding hydrogens is 203 g/mol. The molecule has 3 nitrogen and oxygen atoms in total. The van der Waals surface area contributed by atoms with E-state index in [9.17, 15) is 5.11 Å². The van der Waals surface area contributed by atoms with Gasteiger partial charge in [-0.25, -0.2) is 0 Å². The van der Waals surface area contributed by atoms with Crippen molar-refractivity contribution in [2.75, 3.05) is 0 Å².